The summed E-state index contributed by atoms with van der Waals surface area (Å²) in [6, 6.07) is 0.481. The molecule has 1 saturated carbocycles. The zero-order valence-electron chi connectivity index (χ0n) is 8.18. The fraction of sp³-hybridized carbons (Fsp3) is 0.900. The zero-order valence-corrected chi connectivity index (χ0v) is 8.18. The summed E-state index contributed by atoms with van der Waals surface area (Å²) in [6.45, 7) is 4.13. The smallest absolute Gasteiger partial charge is 0.224 e. The Bertz CT molecular complexity index is 199. The lowest BCUT2D eigenvalue weighted by Crippen LogP contribution is -2.41. The summed E-state index contributed by atoms with van der Waals surface area (Å²) in [5.74, 6) is 1.20. The molecule has 1 saturated heterocycles. The fourth-order valence-corrected chi connectivity index (χ4v) is 1.90. The molecule has 3 heteroatoms. The molecule has 2 unspecified atom stereocenters. The topological polar surface area (TPSA) is 41.1 Å². The molecule has 2 rings (SSSR count). The van der Waals surface area contributed by atoms with Crippen LogP contribution < -0.4 is 10.6 Å². The van der Waals surface area contributed by atoms with Crippen LogP contribution in [0.5, 0.6) is 0 Å². The van der Waals surface area contributed by atoms with Crippen LogP contribution in [0.1, 0.15) is 26.2 Å². The van der Waals surface area contributed by atoms with Gasteiger partial charge in [-0.1, -0.05) is 6.92 Å². The summed E-state index contributed by atoms with van der Waals surface area (Å²) in [4.78, 5) is 11.6. The van der Waals surface area contributed by atoms with Gasteiger partial charge in [0.05, 0.1) is 5.92 Å². The van der Waals surface area contributed by atoms with Gasteiger partial charge in [0.15, 0.2) is 0 Å². The lowest BCUT2D eigenvalue weighted by molar-refractivity contribution is -0.125. The van der Waals surface area contributed by atoms with E-state index in [0.29, 0.717) is 12.0 Å². The maximum absolute atomic E-state index is 11.6. The quantitative estimate of drug-likeness (QED) is 0.653. The first-order valence-corrected chi connectivity index (χ1v) is 5.28. The molecule has 2 fully saturated rings. The van der Waals surface area contributed by atoms with Crippen LogP contribution in [0.15, 0.2) is 0 Å². The minimum absolute atomic E-state index is 0.224. The van der Waals surface area contributed by atoms with Crippen LogP contribution in [0, 0.1) is 11.8 Å². The van der Waals surface area contributed by atoms with Gasteiger partial charge in [0, 0.05) is 12.6 Å². The van der Waals surface area contributed by atoms with Gasteiger partial charge >= 0.3 is 0 Å². The largest absolute Gasteiger partial charge is 0.353 e. The van der Waals surface area contributed by atoms with Gasteiger partial charge in [-0.15, -0.1) is 0 Å². The van der Waals surface area contributed by atoms with Crippen LogP contribution in [0.25, 0.3) is 0 Å². The van der Waals surface area contributed by atoms with Crippen molar-refractivity contribution >= 4 is 5.91 Å². The predicted octanol–water partition coefficient (Wildman–Crippen LogP) is 0.511. The second-order valence-corrected chi connectivity index (χ2v) is 4.37. The van der Waals surface area contributed by atoms with E-state index in [2.05, 4.69) is 17.6 Å². The summed E-state index contributed by atoms with van der Waals surface area (Å²) in [5.41, 5.74) is 0. The fourth-order valence-electron chi connectivity index (χ4n) is 1.90. The Hall–Kier alpha value is -0.570. The van der Waals surface area contributed by atoms with E-state index in [1.54, 1.807) is 0 Å². The molecule has 1 amide bonds. The highest BCUT2D eigenvalue weighted by atomic mass is 16.2. The Labute approximate surface area is 79.3 Å². The maximum atomic E-state index is 11.6. The minimum atomic E-state index is 0.224. The summed E-state index contributed by atoms with van der Waals surface area (Å²) in [5, 5.41) is 6.35. The molecular weight excluding hydrogens is 164 g/mol. The van der Waals surface area contributed by atoms with Crippen LogP contribution in [0.2, 0.25) is 0 Å². The molecule has 1 aliphatic carbocycles. The van der Waals surface area contributed by atoms with Crippen LogP contribution >= 0.6 is 0 Å². The Morgan fingerprint density at radius 3 is 2.85 bits per heavy atom. The number of amides is 1. The lowest BCUT2D eigenvalue weighted by atomic mass is 9.99. The van der Waals surface area contributed by atoms with Crippen molar-refractivity contribution in [2.45, 2.75) is 32.2 Å². The third kappa shape index (κ3) is 2.21. The van der Waals surface area contributed by atoms with Gasteiger partial charge in [-0.3, -0.25) is 4.79 Å². The Kier molecular flexibility index (Phi) is 2.54. The van der Waals surface area contributed by atoms with Gasteiger partial charge in [0.1, 0.15) is 0 Å². The van der Waals surface area contributed by atoms with Crippen molar-refractivity contribution < 1.29 is 4.79 Å². The van der Waals surface area contributed by atoms with Crippen molar-refractivity contribution in [3.8, 4) is 0 Å². The standard InChI is InChI=1S/C10H18N2O/c1-7-5-9(7)12-10(13)8-3-2-4-11-6-8/h7-9,11H,2-6H2,1H3,(H,12,13)/t7?,8-,9?/m1/s1. The van der Waals surface area contributed by atoms with Gasteiger partial charge in [-0.05, 0) is 31.7 Å². The lowest BCUT2D eigenvalue weighted by Gasteiger charge is -2.21. The van der Waals surface area contributed by atoms with Gasteiger partial charge in [-0.25, -0.2) is 0 Å². The zero-order chi connectivity index (χ0) is 9.26. The predicted molar refractivity (Wildman–Crippen MR) is 51.3 cm³/mol. The minimum Gasteiger partial charge on any atom is -0.353 e. The molecular formula is C10H18N2O. The van der Waals surface area contributed by atoms with Crippen molar-refractivity contribution in [1.29, 1.82) is 0 Å². The van der Waals surface area contributed by atoms with Crippen LogP contribution in [-0.4, -0.2) is 25.0 Å². The summed E-state index contributed by atoms with van der Waals surface area (Å²) >= 11 is 0. The number of carbonyl (C=O) groups is 1. The third-order valence-corrected chi connectivity index (χ3v) is 3.10. The number of hydrogen-bond acceptors (Lipinski definition) is 2. The van der Waals surface area contributed by atoms with Crippen LogP contribution in [-0.2, 0) is 4.79 Å². The number of piperidine rings is 1. The number of hydrogen-bond donors (Lipinski definition) is 2. The van der Waals surface area contributed by atoms with Crippen molar-refractivity contribution in [2.75, 3.05) is 13.1 Å². The van der Waals surface area contributed by atoms with Crippen molar-refractivity contribution in [3.05, 3.63) is 0 Å². The molecule has 3 atom stereocenters. The molecule has 0 aromatic carbocycles. The van der Waals surface area contributed by atoms with Crippen molar-refractivity contribution in [1.82, 2.24) is 10.6 Å². The van der Waals surface area contributed by atoms with E-state index < -0.39 is 0 Å². The van der Waals surface area contributed by atoms with Crippen LogP contribution in [0.4, 0.5) is 0 Å². The molecule has 0 radical (unpaired) electrons. The first kappa shape index (κ1) is 9.00. The Morgan fingerprint density at radius 2 is 2.31 bits per heavy atom. The van der Waals surface area contributed by atoms with Gasteiger partial charge in [0.25, 0.3) is 0 Å². The average Bonchev–Trinajstić information content (AvgIpc) is 2.83. The molecule has 0 bridgehead atoms. The van der Waals surface area contributed by atoms with Gasteiger partial charge in [0.2, 0.25) is 5.91 Å². The third-order valence-electron chi connectivity index (χ3n) is 3.10. The van der Waals surface area contributed by atoms with E-state index in [1.807, 2.05) is 0 Å². The van der Waals surface area contributed by atoms with E-state index >= 15 is 0 Å². The molecule has 2 N–H and O–H groups in total. The van der Waals surface area contributed by atoms with E-state index in [4.69, 9.17) is 0 Å². The van der Waals surface area contributed by atoms with Gasteiger partial charge < -0.3 is 10.6 Å². The Morgan fingerprint density at radius 1 is 1.54 bits per heavy atom. The Balaban J connectivity index is 1.75. The second kappa shape index (κ2) is 3.66. The van der Waals surface area contributed by atoms with E-state index in [1.165, 1.54) is 6.42 Å². The molecule has 74 valence electrons. The van der Waals surface area contributed by atoms with E-state index in [0.717, 1.165) is 25.9 Å². The molecule has 1 heterocycles. The molecule has 13 heavy (non-hydrogen) atoms. The van der Waals surface area contributed by atoms with Crippen LogP contribution in [0.3, 0.4) is 0 Å². The number of nitrogens with one attached hydrogen (secondary N) is 2. The summed E-state index contributed by atoms with van der Waals surface area (Å²) < 4.78 is 0. The molecule has 3 nitrogen and oxygen atoms in total. The average molecular weight is 182 g/mol. The second-order valence-electron chi connectivity index (χ2n) is 4.37. The summed E-state index contributed by atoms with van der Waals surface area (Å²) in [7, 11) is 0. The van der Waals surface area contributed by atoms with Crippen molar-refractivity contribution in [3.63, 3.8) is 0 Å². The molecule has 2 aliphatic rings. The molecule has 0 aromatic rings. The monoisotopic (exact) mass is 182 g/mol. The molecule has 0 spiro atoms. The normalized spacial score (nSPS) is 38.4. The highest BCUT2D eigenvalue weighted by molar-refractivity contribution is 5.79. The SMILES string of the molecule is CC1CC1NC(=O)[C@@H]1CCCNC1. The highest BCUT2D eigenvalue weighted by Crippen LogP contribution is 2.29. The van der Waals surface area contributed by atoms with E-state index in [-0.39, 0.29) is 11.8 Å². The maximum Gasteiger partial charge on any atom is 0.224 e. The van der Waals surface area contributed by atoms with Crippen molar-refractivity contribution in [2.24, 2.45) is 11.8 Å². The van der Waals surface area contributed by atoms with E-state index in [9.17, 15) is 4.79 Å². The number of rotatable bonds is 2. The highest BCUT2D eigenvalue weighted by Gasteiger charge is 2.35. The molecule has 1 aliphatic heterocycles. The summed E-state index contributed by atoms with van der Waals surface area (Å²) in [6.07, 6.45) is 3.37. The first-order valence-electron chi connectivity index (χ1n) is 5.28. The first-order chi connectivity index (χ1) is 6.27. The molecule has 0 aromatic heterocycles. The van der Waals surface area contributed by atoms with Gasteiger partial charge in [-0.2, -0.15) is 0 Å². The number of carbonyl (C=O) groups excluding carboxylic acids is 1.